The van der Waals surface area contributed by atoms with Crippen LogP contribution in [0.2, 0.25) is 0 Å². The second kappa shape index (κ2) is 6.76. The van der Waals surface area contributed by atoms with E-state index in [4.69, 9.17) is 9.05 Å². The van der Waals surface area contributed by atoms with Crippen molar-refractivity contribution in [1.82, 2.24) is 0 Å². The molecule has 0 saturated carbocycles. The number of hydrogen-bond acceptors (Lipinski definition) is 2. The van der Waals surface area contributed by atoms with Crippen LogP contribution in [-0.4, -0.2) is 5.66 Å². The molecule has 2 nitrogen and oxygen atoms in total. The summed E-state index contributed by atoms with van der Waals surface area (Å²) >= 11 is 0. The van der Waals surface area contributed by atoms with Crippen LogP contribution in [0.1, 0.15) is 25.0 Å². The van der Waals surface area contributed by atoms with Crippen molar-refractivity contribution >= 4 is 8.38 Å². The predicted octanol–water partition coefficient (Wildman–Crippen LogP) is 5.48. The van der Waals surface area contributed by atoms with Gasteiger partial charge in [0.1, 0.15) is 11.5 Å². The first-order valence-electron chi connectivity index (χ1n) is 6.83. The van der Waals surface area contributed by atoms with E-state index in [1.54, 1.807) is 0 Å². The standard InChI is InChI=1S/C17H21O2P/c1-13(2)20(18-16-9-5-7-14(3)11-16)19-17-10-6-8-15(4)12-17/h5-13H,1-4H3. The minimum Gasteiger partial charge on any atom is -0.438 e. The summed E-state index contributed by atoms with van der Waals surface area (Å²) in [6.45, 7) is 8.37. The lowest BCUT2D eigenvalue weighted by Gasteiger charge is -2.22. The van der Waals surface area contributed by atoms with Crippen LogP contribution in [0, 0.1) is 13.8 Å². The van der Waals surface area contributed by atoms with Crippen molar-refractivity contribution in [3.05, 3.63) is 59.7 Å². The summed E-state index contributed by atoms with van der Waals surface area (Å²) in [6.07, 6.45) is 0. The van der Waals surface area contributed by atoms with Crippen LogP contribution in [0.25, 0.3) is 0 Å². The molecule has 0 amide bonds. The van der Waals surface area contributed by atoms with E-state index in [-0.39, 0.29) is 0 Å². The average Bonchev–Trinajstić information content (AvgIpc) is 2.38. The minimum absolute atomic E-state index is 0.325. The Bertz CT molecular complexity index is 519. The van der Waals surface area contributed by atoms with E-state index in [1.165, 1.54) is 11.1 Å². The van der Waals surface area contributed by atoms with Gasteiger partial charge in [0, 0.05) is 5.66 Å². The molecule has 0 spiro atoms. The van der Waals surface area contributed by atoms with E-state index in [9.17, 15) is 0 Å². The lowest BCUT2D eigenvalue weighted by molar-refractivity contribution is 0.479. The largest absolute Gasteiger partial charge is 0.438 e. The zero-order valence-electron chi connectivity index (χ0n) is 12.5. The molecule has 0 saturated heterocycles. The molecular weight excluding hydrogens is 267 g/mol. The summed E-state index contributed by atoms with van der Waals surface area (Å²) in [4.78, 5) is 0. The number of rotatable bonds is 5. The SMILES string of the molecule is Cc1cccc(OP(Oc2cccc(C)c2)C(C)C)c1. The van der Waals surface area contributed by atoms with Crippen LogP contribution in [0.4, 0.5) is 0 Å². The summed E-state index contributed by atoms with van der Waals surface area (Å²) in [5.74, 6) is 1.75. The highest BCUT2D eigenvalue weighted by Gasteiger charge is 2.19. The Morgan fingerprint density at radius 2 is 1.25 bits per heavy atom. The Morgan fingerprint density at radius 1 is 0.800 bits per heavy atom. The Labute approximate surface area is 122 Å². The summed E-state index contributed by atoms with van der Waals surface area (Å²) in [5.41, 5.74) is 2.71. The predicted molar refractivity (Wildman–Crippen MR) is 85.7 cm³/mol. The first-order valence-corrected chi connectivity index (χ1v) is 8.08. The first kappa shape index (κ1) is 14.9. The third kappa shape index (κ3) is 4.25. The molecule has 0 atom stereocenters. The molecule has 20 heavy (non-hydrogen) atoms. The van der Waals surface area contributed by atoms with E-state index in [2.05, 4.69) is 39.8 Å². The zero-order chi connectivity index (χ0) is 14.5. The van der Waals surface area contributed by atoms with Crippen molar-refractivity contribution < 1.29 is 9.05 Å². The quantitative estimate of drug-likeness (QED) is 0.678. The van der Waals surface area contributed by atoms with Crippen molar-refractivity contribution in [2.24, 2.45) is 0 Å². The average molecular weight is 288 g/mol. The van der Waals surface area contributed by atoms with E-state index in [1.807, 2.05) is 36.4 Å². The molecule has 0 aliphatic carbocycles. The van der Waals surface area contributed by atoms with Gasteiger partial charge in [-0.25, -0.2) is 0 Å². The van der Waals surface area contributed by atoms with Crippen LogP contribution >= 0.6 is 8.38 Å². The van der Waals surface area contributed by atoms with E-state index < -0.39 is 8.38 Å². The summed E-state index contributed by atoms with van der Waals surface area (Å²) in [6, 6.07) is 16.2. The summed E-state index contributed by atoms with van der Waals surface area (Å²) in [7, 11) is -0.997. The second-order valence-corrected chi connectivity index (χ2v) is 7.16. The highest BCUT2D eigenvalue weighted by molar-refractivity contribution is 7.48. The molecule has 0 aliphatic rings. The molecule has 2 rings (SSSR count). The van der Waals surface area contributed by atoms with Gasteiger partial charge in [-0.2, -0.15) is 0 Å². The molecule has 0 bridgehead atoms. The third-order valence-electron chi connectivity index (χ3n) is 2.79. The molecule has 0 fully saturated rings. The maximum atomic E-state index is 6.04. The van der Waals surface area contributed by atoms with Gasteiger partial charge in [-0.05, 0) is 49.2 Å². The van der Waals surface area contributed by atoms with Crippen LogP contribution in [0.3, 0.4) is 0 Å². The van der Waals surface area contributed by atoms with Gasteiger partial charge in [0.15, 0.2) is 0 Å². The fraction of sp³-hybridized carbons (Fsp3) is 0.294. The highest BCUT2D eigenvalue weighted by Crippen LogP contribution is 2.44. The van der Waals surface area contributed by atoms with Crippen LogP contribution < -0.4 is 9.05 Å². The van der Waals surface area contributed by atoms with Crippen LogP contribution in [-0.2, 0) is 0 Å². The second-order valence-electron chi connectivity index (χ2n) is 5.19. The van der Waals surface area contributed by atoms with Crippen molar-refractivity contribution in [3.8, 4) is 11.5 Å². The number of aryl methyl sites for hydroxylation is 2. The van der Waals surface area contributed by atoms with Gasteiger partial charge < -0.3 is 9.05 Å². The molecule has 0 radical (unpaired) electrons. The van der Waals surface area contributed by atoms with Crippen LogP contribution in [0.15, 0.2) is 48.5 Å². The zero-order valence-corrected chi connectivity index (χ0v) is 13.4. The summed E-state index contributed by atoms with van der Waals surface area (Å²) in [5, 5.41) is 0. The van der Waals surface area contributed by atoms with Crippen molar-refractivity contribution in [3.63, 3.8) is 0 Å². The molecule has 0 N–H and O–H groups in total. The molecule has 0 unspecified atom stereocenters. The molecule has 2 aromatic carbocycles. The van der Waals surface area contributed by atoms with Gasteiger partial charge in [0.05, 0.1) is 0 Å². The Balaban J connectivity index is 2.11. The molecule has 106 valence electrons. The van der Waals surface area contributed by atoms with Crippen molar-refractivity contribution in [2.45, 2.75) is 33.4 Å². The third-order valence-corrected chi connectivity index (χ3v) is 4.42. The fourth-order valence-electron chi connectivity index (χ4n) is 1.78. The van der Waals surface area contributed by atoms with Gasteiger partial charge in [-0.3, -0.25) is 0 Å². The fourth-order valence-corrected chi connectivity index (χ4v) is 2.88. The molecule has 2 aromatic rings. The topological polar surface area (TPSA) is 18.5 Å². The lowest BCUT2D eigenvalue weighted by atomic mass is 10.2. The maximum absolute atomic E-state index is 6.04. The van der Waals surface area contributed by atoms with Crippen molar-refractivity contribution in [1.29, 1.82) is 0 Å². The maximum Gasteiger partial charge on any atom is 0.293 e. The highest BCUT2D eigenvalue weighted by atomic mass is 31.2. The molecule has 0 aliphatic heterocycles. The number of benzene rings is 2. The molecular formula is C17H21O2P. The monoisotopic (exact) mass is 288 g/mol. The Hall–Kier alpha value is -1.53. The van der Waals surface area contributed by atoms with Gasteiger partial charge >= 0.3 is 0 Å². The van der Waals surface area contributed by atoms with E-state index in [0.717, 1.165) is 11.5 Å². The Kier molecular flexibility index (Phi) is 5.03. The molecule has 0 heterocycles. The number of hydrogen-bond donors (Lipinski definition) is 0. The van der Waals surface area contributed by atoms with E-state index >= 15 is 0 Å². The lowest BCUT2D eigenvalue weighted by Crippen LogP contribution is -2.05. The smallest absolute Gasteiger partial charge is 0.293 e. The van der Waals surface area contributed by atoms with Crippen molar-refractivity contribution in [2.75, 3.05) is 0 Å². The normalized spacial score (nSPS) is 10.9. The Morgan fingerprint density at radius 3 is 1.60 bits per heavy atom. The van der Waals surface area contributed by atoms with Gasteiger partial charge in [0.25, 0.3) is 8.38 Å². The summed E-state index contributed by atoms with van der Waals surface area (Å²) < 4.78 is 12.1. The molecule has 3 heteroatoms. The van der Waals surface area contributed by atoms with Gasteiger partial charge in [0.2, 0.25) is 0 Å². The first-order chi connectivity index (χ1) is 9.54. The molecule has 0 aromatic heterocycles. The van der Waals surface area contributed by atoms with Crippen LogP contribution in [0.5, 0.6) is 11.5 Å². The van der Waals surface area contributed by atoms with Gasteiger partial charge in [-0.15, -0.1) is 0 Å². The minimum atomic E-state index is -0.997. The van der Waals surface area contributed by atoms with Gasteiger partial charge in [-0.1, -0.05) is 38.1 Å². The van der Waals surface area contributed by atoms with E-state index in [0.29, 0.717) is 5.66 Å².